The van der Waals surface area contributed by atoms with Gasteiger partial charge < -0.3 is 9.64 Å². The summed E-state index contributed by atoms with van der Waals surface area (Å²) in [6.45, 7) is 10.4. The summed E-state index contributed by atoms with van der Waals surface area (Å²) in [7, 11) is 0. The van der Waals surface area contributed by atoms with E-state index in [4.69, 9.17) is 4.74 Å². The Morgan fingerprint density at radius 1 is 1.12 bits per heavy atom. The van der Waals surface area contributed by atoms with Gasteiger partial charge >= 0.3 is 0 Å². The maximum Gasteiger partial charge on any atom is 0.146 e. The van der Waals surface area contributed by atoms with Crippen LogP contribution in [0.25, 0.3) is 0 Å². The van der Waals surface area contributed by atoms with Crippen LogP contribution in [0.3, 0.4) is 0 Å². The van der Waals surface area contributed by atoms with Crippen molar-refractivity contribution in [3.05, 3.63) is 24.8 Å². The lowest BCUT2D eigenvalue weighted by Crippen LogP contribution is -2.28. The molecule has 0 unspecified atom stereocenters. The van der Waals surface area contributed by atoms with Crippen LogP contribution in [-0.4, -0.2) is 31.1 Å². The van der Waals surface area contributed by atoms with E-state index >= 15 is 0 Å². The van der Waals surface area contributed by atoms with Gasteiger partial charge in [0.25, 0.3) is 0 Å². The quantitative estimate of drug-likeness (QED) is 0.599. The normalized spacial score (nSPS) is 10.9. The van der Waals surface area contributed by atoms with Gasteiger partial charge in [-0.15, -0.1) is 0 Å². The number of halogens is 2. The minimum Gasteiger partial charge on any atom is -0.490 e. The van der Waals surface area contributed by atoms with E-state index in [1.807, 2.05) is 0 Å². The highest BCUT2D eigenvalue weighted by Crippen LogP contribution is 2.28. The molecule has 96 valence electrons. The lowest BCUT2D eigenvalue weighted by molar-refractivity contribution is 0.221. The van der Waals surface area contributed by atoms with Crippen LogP contribution >= 0.6 is 45.2 Å². The van der Waals surface area contributed by atoms with E-state index in [0.29, 0.717) is 0 Å². The monoisotopic (exact) mass is 459 g/mol. The second-order valence-electron chi connectivity index (χ2n) is 3.93. The summed E-state index contributed by atoms with van der Waals surface area (Å²) in [6, 6.07) is 4.32. The molecule has 0 atom stereocenters. The molecular weight excluding hydrogens is 440 g/mol. The van der Waals surface area contributed by atoms with Gasteiger partial charge in [0.2, 0.25) is 0 Å². The summed E-state index contributed by atoms with van der Waals surface area (Å²) in [5.41, 5.74) is 1.29. The molecule has 0 saturated carbocycles. The van der Waals surface area contributed by atoms with Crippen molar-refractivity contribution >= 4 is 45.2 Å². The van der Waals surface area contributed by atoms with E-state index < -0.39 is 0 Å². The largest absolute Gasteiger partial charge is 0.490 e. The highest BCUT2D eigenvalue weighted by atomic mass is 127. The maximum atomic E-state index is 5.90. The van der Waals surface area contributed by atoms with Crippen molar-refractivity contribution < 1.29 is 4.74 Å². The van der Waals surface area contributed by atoms with Crippen molar-refractivity contribution in [2.45, 2.75) is 20.8 Å². The average molecular weight is 459 g/mol. The number of aryl methyl sites for hydroxylation is 1. The van der Waals surface area contributed by atoms with Crippen LogP contribution in [0.1, 0.15) is 19.4 Å². The minimum absolute atomic E-state index is 0.761. The van der Waals surface area contributed by atoms with Crippen molar-refractivity contribution in [2.24, 2.45) is 0 Å². The molecule has 0 heterocycles. The topological polar surface area (TPSA) is 12.5 Å². The number of benzene rings is 1. The van der Waals surface area contributed by atoms with Gasteiger partial charge in [0.15, 0.2) is 0 Å². The Hall–Kier alpha value is 0.440. The zero-order chi connectivity index (χ0) is 12.8. The fourth-order valence-electron chi connectivity index (χ4n) is 1.64. The predicted octanol–water partition coefficient (Wildman–Crippen LogP) is 3.92. The fraction of sp³-hybridized carbons (Fsp3) is 0.538. The first-order valence-corrected chi connectivity index (χ1v) is 8.05. The van der Waals surface area contributed by atoms with E-state index in [2.05, 4.69) is 83.0 Å². The third kappa shape index (κ3) is 4.90. The third-order valence-corrected chi connectivity index (χ3v) is 4.29. The van der Waals surface area contributed by atoms with Gasteiger partial charge in [0.1, 0.15) is 12.4 Å². The number of rotatable bonds is 6. The molecule has 0 aliphatic carbocycles. The summed E-state index contributed by atoms with van der Waals surface area (Å²) in [4.78, 5) is 2.37. The second kappa shape index (κ2) is 7.78. The van der Waals surface area contributed by atoms with Crippen LogP contribution in [0.2, 0.25) is 0 Å². The van der Waals surface area contributed by atoms with Crippen molar-refractivity contribution in [3.8, 4) is 5.75 Å². The number of likely N-dealkylation sites (N-methyl/N-ethyl adjacent to an activating group) is 1. The predicted molar refractivity (Wildman–Crippen MR) is 89.9 cm³/mol. The van der Waals surface area contributed by atoms with Gasteiger partial charge in [-0.3, -0.25) is 0 Å². The molecule has 0 aliphatic heterocycles. The Kier molecular flexibility index (Phi) is 7.10. The molecule has 17 heavy (non-hydrogen) atoms. The molecule has 1 aromatic rings. The summed E-state index contributed by atoms with van der Waals surface area (Å²) in [6.07, 6.45) is 0. The number of ether oxygens (including phenoxy) is 1. The first kappa shape index (κ1) is 15.5. The Bertz CT molecular complexity index is 341. The molecule has 0 amide bonds. The van der Waals surface area contributed by atoms with E-state index in [1.165, 1.54) is 12.7 Å². The highest BCUT2D eigenvalue weighted by molar-refractivity contribution is 14.1. The van der Waals surface area contributed by atoms with Crippen LogP contribution in [0.4, 0.5) is 0 Å². The lowest BCUT2D eigenvalue weighted by atomic mass is 10.2. The molecule has 0 radical (unpaired) electrons. The fourth-order valence-corrected chi connectivity index (χ4v) is 4.03. The molecule has 0 aliphatic rings. The second-order valence-corrected chi connectivity index (χ2v) is 6.26. The van der Waals surface area contributed by atoms with E-state index in [0.717, 1.165) is 32.0 Å². The van der Waals surface area contributed by atoms with Gasteiger partial charge in [-0.25, -0.2) is 0 Å². The zero-order valence-corrected chi connectivity index (χ0v) is 14.9. The third-order valence-electron chi connectivity index (χ3n) is 2.69. The summed E-state index contributed by atoms with van der Waals surface area (Å²) in [5.74, 6) is 1.03. The first-order valence-electron chi connectivity index (χ1n) is 5.89. The van der Waals surface area contributed by atoms with Gasteiger partial charge in [-0.2, -0.15) is 0 Å². The Morgan fingerprint density at radius 3 is 2.12 bits per heavy atom. The van der Waals surface area contributed by atoms with Crippen LogP contribution < -0.4 is 4.74 Å². The zero-order valence-electron chi connectivity index (χ0n) is 10.6. The maximum absolute atomic E-state index is 5.90. The van der Waals surface area contributed by atoms with E-state index in [-0.39, 0.29) is 0 Å². The van der Waals surface area contributed by atoms with Crippen LogP contribution in [0.5, 0.6) is 5.75 Å². The Balaban J connectivity index is 2.58. The van der Waals surface area contributed by atoms with Crippen LogP contribution in [0, 0.1) is 14.1 Å². The molecule has 0 bridgehead atoms. The smallest absolute Gasteiger partial charge is 0.146 e. The molecule has 1 aromatic carbocycles. The number of nitrogens with zero attached hydrogens (tertiary/aromatic N) is 1. The lowest BCUT2D eigenvalue weighted by Gasteiger charge is -2.19. The summed E-state index contributed by atoms with van der Waals surface area (Å²) in [5, 5.41) is 0. The molecule has 0 saturated heterocycles. The molecule has 2 nitrogen and oxygen atoms in total. The van der Waals surface area contributed by atoms with Crippen molar-refractivity contribution in [1.82, 2.24) is 4.90 Å². The molecule has 1 rings (SSSR count). The SMILES string of the molecule is CCN(CC)CCOc1c(I)cc(C)cc1I. The highest BCUT2D eigenvalue weighted by Gasteiger charge is 2.08. The standard InChI is InChI=1S/C13H19I2NO/c1-4-16(5-2)6-7-17-13-11(14)8-10(3)9-12(13)15/h8-9H,4-7H2,1-3H3. The van der Waals surface area contributed by atoms with Crippen molar-refractivity contribution in [3.63, 3.8) is 0 Å². The van der Waals surface area contributed by atoms with Crippen LogP contribution in [0.15, 0.2) is 12.1 Å². The average Bonchev–Trinajstić information content (AvgIpc) is 2.27. The Morgan fingerprint density at radius 2 is 1.65 bits per heavy atom. The van der Waals surface area contributed by atoms with Gasteiger partial charge in [0.05, 0.1) is 7.14 Å². The van der Waals surface area contributed by atoms with Gasteiger partial charge in [-0.05, 0) is 82.9 Å². The van der Waals surface area contributed by atoms with Crippen molar-refractivity contribution in [2.75, 3.05) is 26.2 Å². The summed E-state index contributed by atoms with van der Waals surface area (Å²) < 4.78 is 8.30. The molecule has 4 heteroatoms. The number of hydrogen-bond donors (Lipinski definition) is 0. The first-order chi connectivity index (χ1) is 8.08. The van der Waals surface area contributed by atoms with Crippen LogP contribution in [-0.2, 0) is 0 Å². The van der Waals surface area contributed by atoms with E-state index in [1.54, 1.807) is 0 Å². The molecule has 0 N–H and O–H groups in total. The van der Waals surface area contributed by atoms with Crippen molar-refractivity contribution in [1.29, 1.82) is 0 Å². The molecule has 0 spiro atoms. The van der Waals surface area contributed by atoms with Gasteiger partial charge in [0, 0.05) is 6.54 Å². The Labute approximate surface area is 131 Å². The summed E-state index contributed by atoms with van der Waals surface area (Å²) >= 11 is 4.69. The molecular formula is C13H19I2NO. The molecule has 0 fully saturated rings. The van der Waals surface area contributed by atoms with E-state index in [9.17, 15) is 0 Å². The number of hydrogen-bond acceptors (Lipinski definition) is 2. The van der Waals surface area contributed by atoms with Gasteiger partial charge in [-0.1, -0.05) is 13.8 Å². The minimum atomic E-state index is 0.761. The molecule has 0 aromatic heterocycles.